The molecule has 1 saturated heterocycles. The minimum atomic E-state index is -0.947. The maximum absolute atomic E-state index is 10.5. The van der Waals surface area contributed by atoms with Gasteiger partial charge in [-0.1, -0.05) is 24.3 Å². The van der Waals surface area contributed by atoms with Gasteiger partial charge in [-0.2, -0.15) is 0 Å². The molecule has 0 radical (unpaired) electrons. The molecule has 6 nitrogen and oxygen atoms in total. The third-order valence-electron chi connectivity index (χ3n) is 6.41. The smallest absolute Gasteiger partial charge is 0.337 e. The molecule has 0 amide bonds. The Kier molecular flexibility index (Phi) is 7.25. The van der Waals surface area contributed by atoms with E-state index in [1.165, 1.54) is 77.9 Å². The summed E-state index contributed by atoms with van der Waals surface area (Å²) in [5, 5.41) is 14.8. The van der Waals surface area contributed by atoms with E-state index in [-0.39, 0.29) is 5.56 Å². The zero-order valence-corrected chi connectivity index (χ0v) is 19.4. The monoisotopic (exact) mass is 444 g/mol. The van der Waals surface area contributed by atoms with Crippen molar-refractivity contribution < 1.29 is 9.90 Å². The predicted octanol–water partition coefficient (Wildman–Crippen LogP) is 4.73. The second-order valence-corrected chi connectivity index (χ2v) is 8.58. The lowest BCUT2D eigenvalue weighted by molar-refractivity contribution is 0.0698. The molecule has 5 rings (SSSR count). The summed E-state index contributed by atoms with van der Waals surface area (Å²) in [6.07, 6.45) is 6.74. The number of carboxylic acids is 1. The summed E-state index contributed by atoms with van der Waals surface area (Å²) in [7, 11) is 1.66. The molecule has 1 fully saturated rings. The Labute approximate surface area is 195 Å². The van der Waals surface area contributed by atoms with Crippen molar-refractivity contribution in [1.29, 1.82) is 0 Å². The van der Waals surface area contributed by atoms with Crippen LogP contribution in [0.1, 0.15) is 39.9 Å². The number of benzene rings is 2. The van der Waals surface area contributed by atoms with Crippen LogP contribution in [-0.4, -0.2) is 42.7 Å². The molecule has 0 unspecified atom stereocenters. The topological polar surface area (TPSA) is 77.5 Å². The van der Waals surface area contributed by atoms with E-state index in [9.17, 15) is 4.79 Å². The van der Waals surface area contributed by atoms with Crippen LogP contribution in [0, 0.1) is 6.92 Å². The lowest BCUT2D eigenvalue weighted by atomic mass is 9.93. The first-order chi connectivity index (χ1) is 16.1. The fraction of sp³-hybridized carbons (Fsp3) is 0.333. The average molecular weight is 445 g/mol. The Bertz CT molecular complexity index is 1120. The first kappa shape index (κ1) is 22.8. The lowest BCUT2D eigenvalue weighted by Gasteiger charge is -2.21. The van der Waals surface area contributed by atoms with Gasteiger partial charge in [0.15, 0.2) is 0 Å². The number of hydrogen-bond acceptors (Lipinski definition) is 5. The number of nitrogens with one attached hydrogen (secondary N) is 2. The zero-order chi connectivity index (χ0) is 23.2. The van der Waals surface area contributed by atoms with Gasteiger partial charge in [-0.05, 0) is 78.7 Å². The molecule has 2 aliphatic heterocycles. The van der Waals surface area contributed by atoms with Crippen molar-refractivity contribution in [1.82, 2.24) is 10.3 Å². The zero-order valence-electron chi connectivity index (χ0n) is 19.4. The highest BCUT2D eigenvalue weighted by Crippen LogP contribution is 2.30. The second kappa shape index (κ2) is 10.5. The van der Waals surface area contributed by atoms with Gasteiger partial charge in [0.2, 0.25) is 0 Å². The molecule has 3 N–H and O–H groups in total. The van der Waals surface area contributed by atoms with Gasteiger partial charge < -0.3 is 20.6 Å². The van der Waals surface area contributed by atoms with E-state index < -0.39 is 5.97 Å². The molecule has 0 saturated carbocycles. The Balaban J connectivity index is 0.000000200. The van der Waals surface area contributed by atoms with Crippen molar-refractivity contribution in [3.05, 3.63) is 77.1 Å². The van der Waals surface area contributed by atoms with Crippen LogP contribution in [-0.2, 0) is 13.0 Å². The molecule has 0 spiro atoms. The first-order valence-corrected chi connectivity index (χ1v) is 11.6. The minimum absolute atomic E-state index is 0.238. The fourth-order valence-corrected chi connectivity index (χ4v) is 4.57. The highest BCUT2D eigenvalue weighted by atomic mass is 16.4. The summed E-state index contributed by atoms with van der Waals surface area (Å²) in [5.41, 5.74) is 9.26. The number of nitrogens with zero attached hydrogens (tertiary/aromatic N) is 2. The normalized spacial score (nSPS) is 14.8. The fourth-order valence-electron chi connectivity index (χ4n) is 4.57. The van der Waals surface area contributed by atoms with Gasteiger partial charge in [0.1, 0.15) is 0 Å². The van der Waals surface area contributed by atoms with Crippen molar-refractivity contribution in [2.45, 2.75) is 32.7 Å². The van der Waals surface area contributed by atoms with Crippen molar-refractivity contribution in [2.75, 3.05) is 36.9 Å². The third kappa shape index (κ3) is 5.34. The highest BCUT2D eigenvalue weighted by Gasteiger charge is 2.15. The van der Waals surface area contributed by atoms with Crippen LogP contribution in [0.25, 0.3) is 11.1 Å². The lowest BCUT2D eigenvalue weighted by Crippen LogP contribution is -2.23. The summed E-state index contributed by atoms with van der Waals surface area (Å²) in [6, 6.07) is 15.4. The van der Waals surface area contributed by atoms with Crippen LogP contribution in [0.5, 0.6) is 0 Å². The maximum atomic E-state index is 10.5. The Morgan fingerprint density at radius 2 is 1.91 bits per heavy atom. The van der Waals surface area contributed by atoms with Crippen LogP contribution in [0.4, 0.5) is 11.4 Å². The van der Waals surface area contributed by atoms with Crippen molar-refractivity contribution in [2.24, 2.45) is 0 Å². The summed E-state index contributed by atoms with van der Waals surface area (Å²) in [6.45, 7) is 6.79. The van der Waals surface area contributed by atoms with E-state index in [2.05, 4.69) is 63.8 Å². The molecule has 2 aliphatic rings. The Morgan fingerprint density at radius 3 is 2.61 bits per heavy atom. The van der Waals surface area contributed by atoms with Gasteiger partial charge in [-0.25, -0.2) is 4.79 Å². The predicted molar refractivity (Wildman–Crippen MR) is 134 cm³/mol. The third-order valence-corrected chi connectivity index (χ3v) is 6.41. The molecule has 1 aromatic heterocycles. The number of fused-ring (bicyclic) bond motifs is 1. The van der Waals surface area contributed by atoms with Crippen molar-refractivity contribution in [3.63, 3.8) is 0 Å². The van der Waals surface area contributed by atoms with Crippen LogP contribution < -0.4 is 15.5 Å². The molecule has 172 valence electrons. The summed E-state index contributed by atoms with van der Waals surface area (Å²) in [4.78, 5) is 16.8. The van der Waals surface area contributed by atoms with E-state index >= 15 is 0 Å². The molecule has 33 heavy (non-hydrogen) atoms. The Morgan fingerprint density at radius 1 is 1.09 bits per heavy atom. The molecular formula is C27H32N4O2. The summed E-state index contributed by atoms with van der Waals surface area (Å²) < 4.78 is 0. The van der Waals surface area contributed by atoms with Gasteiger partial charge in [-0.3, -0.25) is 4.98 Å². The number of pyridine rings is 1. The molecule has 6 heteroatoms. The number of hydrogen-bond donors (Lipinski definition) is 3. The van der Waals surface area contributed by atoms with Crippen LogP contribution >= 0.6 is 0 Å². The minimum Gasteiger partial charge on any atom is -0.478 e. The SMILES string of the molecule is CNc1cnccc1C(=O)O.Cc1cc(N2CCCC2)ccc1-c1ccc2c(c1)CCNC2. The van der Waals surface area contributed by atoms with Crippen molar-refractivity contribution in [3.8, 4) is 11.1 Å². The molecule has 0 atom stereocenters. The van der Waals surface area contributed by atoms with Gasteiger partial charge in [0, 0.05) is 38.6 Å². The van der Waals surface area contributed by atoms with E-state index in [4.69, 9.17) is 5.11 Å². The van der Waals surface area contributed by atoms with Crippen LogP contribution in [0.2, 0.25) is 0 Å². The van der Waals surface area contributed by atoms with E-state index in [0.29, 0.717) is 5.69 Å². The number of aromatic carboxylic acids is 1. The van der Waals surface area contributed by atoms with Gasteiger partial charge in [0.05, 0.1) is 17.4 Å². The molecular weight excluding hydrogens is 412 g/mol. The molecule has 0 aliphatic carbocycles. The van der Waals surface area contributed by atoms with Gasteiger partial charge in [-0.15, -0.1) is 0 Å². The van der Waals surface area contributed by atoms with Crippen LogP contribution in [0.3, 0.4) is 0 Å². The van der Waals surface area contributed by atoms with Gasteiger partial charge in [0.25, 0.3) is 0 Å². The molecule has 2 aromatic carbocycles. The van der Waals surface area contributed by atoms with Crippen LogP contribution in [0.15, 0.2) is 54.9 Å². The van der Waals surface area contributed by atoms with E-state index in [0.717, 1.165) is 19.5 Å². The number of aryl methyl sites for hydroxylation is 1. The molecule has 3 aromatic rings. The standard InChI is InChI=1S/C20H24N2.C7H8N2O2/c1-15-12-19(22-10-2-3-11-22)6-7-20(15)17-4-5-18-14-21-9-8-16(18)13-17;1-8-6-4-9-3-2-5(6)7(10)11/h4-7,12-13,21H,2-3,8-11,14H2,1H3;2-4,8H,1H3,(H,10,11). The number of aromatic nitrogens is 1. The molecule has 3 heterocycles. The van der Waals surface area contributed by atoms with Gasteiger partial charge >= 0.3 is 5.97 Å². The quantitative estimate of drug-likeness (QED) is 0.540. The van der Waals surface area contributed by atoms with E-state index in [1.807, 2.05) is 0 Å². The van der Waals surface area contributed by atoms with Crippen molar-refractivity contribution >= 4 is 17.3 Å². The average Bonchev–Trinajstić information content (AvgIpc) is 3.39. The summed E-state index contributed by atoms with van der Waals surface area (Å²) >= 11 is 0. The van der Waals surface area contributed by atoms with E-state index in [1.54, 1.807) is 7.05 Å². The largest absolute Gasteiger partial charge is 0.478 e. The summed E-state index contributed by atoms with van der Waals surface area (Å²) in [5.74, 6) is -0.947. The number of carbonyl (C=O) groups is 1. The number of carboxylic acid groups (broad SMARTS) is 1. The number of rotatable bonds is 4. The second-order valence-electron chi connectivity index (χ2n) is 8.58. The molecule has 0 bridgehead atoms. The maximum Gasteiger partial charge on any atom is 0.337 e. The highest BCUT2D eigenvalue weighted by molar-refractivity contribution is 5.93. The first-order valence-electron chi connectivity index (χ1n) is 11.6. The number of anilines is 2. The Hall–Kier alpha value is -3.38.